The summed E-state index contributed by atoms with van der Waals surface area (Å²) in [7, 11) is 0. The fourth-order valence-electron chi connectivity index (χ4n) is 4.10. The molecule has 5 nitrogen and oxygen atoms in total. The van der Waals surface area contributed by atoms with E-state index in [0.717, 1.165) is 24.8 Å². The van der Waals surface area contributed by atoms with Crippen molar-refractivity contribution < 1.29 is 23.8 Å². The molecule has 3 aliphatic rings. The molecule has 3 atom stereocenters. The average Bonchev–Trinajstić information content (AvgIpc) is 2.58. The molecular formula is C15H18O5. The third-order valence-corrected chi connectivity index (χ3v) is 4.76. The Bertz CT molecular complexity index is 561. The van der Waals surface area contributed by atoms with Gasteiger partial charge in [-0.2, -0.15) is 0 Å². The van der Waals surface area contributed by atoms with E-state index < -0.39 is 12.3 Å². The third-order valence-electron chi connectivity index (χ3n) is 4.76. The minimum atomic E-state index is -1.01. The smallest absolute Gasteiger partial charge is 0.395 e. The van der Waals surface area contributed by atoms with E-state index in [1.165, 1.54) is 0 Å². The van der Waals surface area contributed by atoms with Gasteiger partial charge in [0, 0.05) is 10.8 Å². The second-order valence-corrected chi connectivity index (χ2v) is 6.68. The van der Waals surface area contributed by atoms with E-state index >= 15 is 0 Å². The maximum absolute atomic E-state index is 11.5. The van der Waals surface area contributed by atoms with Crippen molar-refractivity contribution in [3.8, 4) is 0 Å². The predicted octanol–water partition coefficient (Wildman–Crippen LogP) is 3.90. The van der Waals surface area contributed by atoms with Crippen molar-refractivity contribution >= 4 is 12.3 Å². The largest absolute Gasteiger partial charge is 0.523 e. The van der Waals surface area contributed by atoms with E-state index in [-0.39, 0.29) is 10.8 Å². The first-order valence-corrected chi connectivity index (χ1v) is 6.76. The monoisotopic (exact) mass is 278 g/mol. The summed E-state index contributed by atoms with van der Waals surface area (Å²) in [6.07, 6.45) is 0.554. The topological polar surface area (TPSA) is 61.8 Å². The Balaban J connectivity index is 2.04. The van der Waals surface area contributed by atoms with Crippen molar-refractivity contribution in [1.29, 1.82) is 0 Å². The van der Waals surface area contributed by atoms with Crippen LogP contribution in [-0.4, -0.2) is 12.3 Å². The second-order valence-electron chi connectivity index (χ2n) is 6.68. The highest BCUT2D eigenvalue weighted by Crippen LogP contribution is 2.68. The van der Waals surface area contributed by atoms with E-state index in [1.807, 2.05) is 13.8 Å². The SMILES string of the molecule is C=C(C)CC1CC2(C)CC1(C)C1=C2OC(=O)OC(=O)O1. The summed E-state index contributed by atoms with van der Waals surface area (Å²) in [6, 6.07) is 0. The van der Waals surface area contributed by atoms with Crippen LogP contribution in [0.15, 0.2) is 23.7 Å². The number of carbonyl (C=O) groups is 2. The van der Waals surface area contributed by atoms with Gasteiger partial charge in [0.15, 0.2) is 11.5 Å². The number of allylic oxidation sites excluding steroid dienone is 3. The maximum atomic E-state index is 11.5. The zero-order chi connectivity index (χ0) is 14.7. The van der Waals surface area contributed by atoms with E-state index in [0.29, 0.717) is 17.4 Å². The highest BCUT2D eigenvalue weighted by atomic mass is 16.8. The minimum Gasteiger partial charge on any atom is -0.395 e. The summed E-state index contributed by atoms with van der Waals surface area (Å²) in [5.41, 5.74) is 0.503. The molecule has 2 aliphatic carbocycles. The summed E-state index contributed by atoms with van der Waals surface area (Å²) in [6.45, 7) is 10.1. The molecule has 1 fully saturated rings. The van der Waals surface area contributed by atoms with Gasteiger partial charge < -0.3 is 14.2 Å². The number of rotatable bonds is 2. The lowest BCUT2D eigenvalue weighted by atomic mass is 9.74. The Labute approximate surface area is 117 Å². The van der Waals surface area contributed by atoms with E-state index in [2.05, 4.69) is 18.2 Å². The molecule has 108 valence electrons. The van der Waals surface area contributed by atoms with Crippen molar-refractivity contribution in [1.82, 2.24) is 0 Å². The molecule has 1 saturated carbocycles. The van der Waals surface area contributed by atoms with Gasteiger partial charge in [-0.05, 0) is 32.1 Å². The molecule has 1 heterocycles. The van der Waals surface area contributed by atoms with Gasteiger partial charge in [0.2, 0.25) is 0 Å². The van der Waals surface area contributed by atoms with Crippen LogP contribution < -0.4 is 0 Å². The molecule has 0 N–H and O–H groups in total. The zero-order valence-corrected chi connectivity index (χ0v) is 11.9. The lowest BCUT2D eigenvalue weighted by Crippen LogP contribution is -2.28. The molecule has 0 radical (unpaired) electrons. The fourth-order valence-corrected chi connectivity index (χ4v) is 4.10. The molecule has 0 aromatic heterocycles. The van der Waals surface area contributed by atoms with Crippen molar-refractivity contribution in [2.24, 2.45) is 16.7 Å². The van der Waals surface area contributed by atoms with Crippen LogP contribution in [0.3, 0.4) is 0 Å². The lowest BCUT2D eigenvalue weighted by molar-refractivity contribution is 0.0632. The summed E-state index contributed by atoms with van der Waals surface area (Å²) in [5, 5.41) is 0. The molecule has 3 unspecified atom stereocenters. The maximum Gasteiger partial charge on any atom is 0.523 e. The van der Waals surface area contributed by atoms with Crippen LogP contribution in [-0.2, 0) is 14.2 Å². The molecule has 0 amide bonds. The molecule has 20 heavy (non-hydrogen) atoms. The Kier molecular flexibility index (Phi) is 2.56. The molecule has 0 spiro atoms. The van der Waals surface area contributed by atoms with Gasteiger partial charge >= 0.3 is 12.3 Å². The number of hydrogen-bond acceptors (Lipinski definition) is 5. The first-order chi connectivity index (χ1) is 9.24. The zero-order valence-electron chi connectivity index (χ0n) is 11.9. The van der Waals surface area contributed by atoms with Crippen LogP contribution in [0.5, 0.6) is 0 Å². The van der Waals surface area contributed by atoms with Gasteiger partial charge in [-0.3, -0.25) is 0 Å². The fraction of sp³-hybridized carbons (Fsp3) is 0.600. The quantitative estimate of drug-likeness (QED) is 0.435. The molecule has 5 heteroatoms. The number of cyclic esters (lactones) is 2. The van der Waals surface area contributed by atoms with Gasteiger partial charge in [0.25, 0.3) is 0 Å². The Morgan fingerprint density at radius 2 is 1.80 bits per heavy atom. The molecule has 0 saturated heterocycles. The van der Waals surface area contributed by atoms with Gasteiger partial charge in [0.1, 0.15) is 0 Å². The summed E-state index contributed by atoms with van der Waals surface area (Å²) >= 11 is 0. The number of fused-ring (bicyclic) bond motifs is 4. The first-order valence-electron chi connectivity index (χ1n) is 6.76. The normalized spacial score (nSPS) is 38.9. The van der Waals surface area contributed by atoms with Crippen LogP contribution in [0.25, 0.3) is 0 Å². The summed E-state index contributed by atoms with van der Waals surface area (Å²) in [5.74, 6) is 1.26. The van der Waals surface area contributed by atoms with Gasteiger partial charge in [-0.25, -0.2) is 9.59 Å². The van der Waals surface area contributed by atoms with Gasteiger partial charge in [-0.1, -0.05) is 19.4 Å². The van der Waals surface area contributed by atoms with E-state index in [9.17, 15) is 9.59 Å². The van der Waals surface area contributed by atoms with E-state index in [4.69, 9.17) is 9.47 Å². The van der Waals surface area contributed by atoms with Crippen LogP contribution in [0, 0.1) is 16.7 Å². The average molecular weight is 278 g/mol. The molecule has 0 aromatic rings. The Morgan fingerprint density at radius 3 is 2.40 bits per heavy atom. The molecule has 2 bridgehead atoms. The molecule has 3 rings (SSSR count). The van der Waals surface area contributed by atoms with Gasteiger partial charge in [0.05, 0.1) is 0 Å². The minimum absolute atomic E-state index is 0.284. The van der Waals surface area contributed by atoms with Crippen molar-refractivity contribution in [2.45, 2.75) is 40.0 Å². The molecule has 0 aromatic carbocycles. The van der Waals surface area contributed by atoms with Crippen LogP contribution >= 0.6 is 0 Å². The first kappa shape index (κ1) is 13.2. The lowest BCUT2D eigenvalue weighted by Gasteiger charge is -2.33. The summed E-state index contributed by atoms with van der Waals surface area (Å²) < 4.78 is 14.9. The standard InChI is InChI=1S/C15H18O5/c1-8(2)5-9-6-14(3)7-15(9,4)11-10(14)18-12(16)20-13(17)19-11/h9H,1,5-7H2,2-4H3. The Hall–Kier alpha value is -1.78. The molecule has 1 aliphatic heterocycles. The number of carbonyl (C=O) groups excluding carboxylic acids is 2. The number of ether oxygens (including phenoxy) is 3. The van der Waals surface area contributed by atoms with Crippen molar-refractivity contribution in [3.63, 3.8) is 0 Å². The van der Waals surface area contributed by atoms with Crippen molar-refractivity contribution in [3.05, 3.63) is 23.7 Å². The van der Waals surface area contributed by atoms with Gasteiger partial charge in [-0.15, -0.1) is 6.58 Å². The highest BCUT2D eigenvalue weighted by Gasteiger charge is 2.64. The predicted molar refractivity (Wildman–Crippen MR) is 69.4 cm³/mol. The second kappa shape index (κ2) is 3.87. The van der Waals surface area contributed by atoms with Crippen molar-refractivity contribution in [2.75, 3.05) is 0 Å². The Morgan fingerprint density at radius 1 is 1.20 bits per heavy atom. The number of hydrogen-bond donors (Lipinski definition) is 0. The molecular weight excluding hydrogens is 260 g/mol. The van der Waals surface area contributed by atoms with Crippen LogP contribution in [0.1, 0.15) is 40.0 Å². The van der Waals surface area contributed by atoms with E-state index in [1.54, 1.807) is 0 Å². The highest BCUT2D eigenvalue weighted by molar-refractivity contribution is 5.80. The third kappa shape index (κ3) is 1.69. The van der Waals surface area contributed by atoms with Crippen LogP contribution in [0.2, 0.25) is 0 Å². The summed E-state index contributed by atoms with van der Waals surface area (Å²) in [4.78, 5) is 22.9. The van der Waals surface area contributed by atoms with Crippen LogP contribution in [0.4, 0.5) is 9.59 Å².